The maximum Gasteiger partial charge on any atom is 0.228 e. The number of aromatic nitrogens is 2. The second-order valence-corrected chi connectivity index (χ2v) is 5.53. The molecule has 2 N–H and O–H groups in total. The summed E-state index contributed by atoms with van der Waals surface area (Å²) in [4.78, 5) is 16.4. The zero-order valence-electron chi connectivity index (χ0n) is 10.8. The highest BCUT2D eigenvalue weighted by Gasteiger charge is 2.50. The third-order valence-electron chi connectivity index (χ3n) is 4.02. The van der Waals surface area contributed by atoms with Gasteiger partial charge in [-0.1, -0.05) is 0 Å². The van der Waals surface area contributed by atoms with Crippen LogP contribution in [0.25, 0.3) is 0 Å². The Hall–Kier alpha value is -1.40. The van der Waals surface area contributed by atoms with Gasteiger partial charge in [-0.25, -0.2) is 4.98 Å². The van der Waals surface area contributed by atoms with Gasteiger partial charge in [-0.3, -0.25) is 4.79 Å². The lowest BCUT2D eigenvalue weighted by Crippen LogP contribution is -2.51. The number of rotatable bonds is 4. The first kappa shape index (κ1) is 12.6. The number of hydrogen-bond donors (Lipinski definition) is 2. The van der Waals surface area contributed by atoms with Gasteiger partial charge in [0.1, 0.15) is 0 Å². The Morgan fingerprint density at radius 1 is 1.58 bits per heavy atom. The van der Waals surface area contributed by atoms with Crippen LogP contribution in [0, 0.1) is 5.41 Å². The van der Waals surface area contributed by atoms with Crippen LogP contribution in [0.2, 0.25) is 0 Å². The molecule has 3 rings (SSSR count). The summed E-state index contributed by atoms with van der Waals surface area (Å²) in [7, 11) is 0. The Balaban J connectivity index is 1.60. The minimum absolute atomic E-state index is 0.0483. The average Bonchev–Trinajstić information content (AvgIpc) is 3.00. The number of imidazole rings is 1. The number of nitrogens with one attached hydrogen (secondary N) is 1. The van der Waals surface area contributed by atoms with Crippen molar-refractivity contribution < 1.29 is 14.6 Å². The summed E-state index contributed by atoms with van der Waals surface area (Å²) in [5.74, 6) is 0.0483. The molecule has 0 bridgehead atoms. The van der Waals surface area contributed by atoms with Crippen molar-refractivity contribution in [3.05, 3.63) is 18.7 Å². The van der Waals surface area contributed by atoms with E-state index in [4.69, 9.17) is 4.74 Å². The molecule has 1 aliphatic heterocycles. The van der Waals surface area contributed by atoms with E-state index in [1.807, 2.05) is 10.8 Å². The Bertz CT molecular complexity index is 442. The molecule has 1 aliphatic carbocycles. The number of carbonyl (C=O) groups is 1. The van der Waals surface area contributed by atoms with Crippen molar-refractivity contribution in [1.29, 1.82) is 0 Å². The Morgan fingerprint density at radius 3 is 3.05 bits per heavy atom. The highest BCUT2D eigenvalue weighted by molar-refractivity contribution is 5.85. The Kier molecular flexibility index (Phi) is 3.28. The highest BCUT2D eigenvalue weighted by atomic mass is 16.5. The topological polar surface area (TPSA) is 76.4 Å². The number of nitrogens with zero attached hydrogens (tertiary/aromatic N) is 2. The smallest absolute Gasteiger partial charge is 0.228 e. The first-order chi connectivity index (χ1) is 9.20. The maximum absolute atomic E-state index is 12.4. The molecule has 0 unspecified atom stereocenters. The second-order valence-electron chi connectivity index (χ2n) is 5.53. The van der Waals surface area contributed by atoms with Crippen LogP contribution in [0.15, 0.2) is 18.7 Å². The molecule has 2 heterocycles. The van der Waals surface area contributed by atoms with Gasteiger partial charge in [0.15, 0.2) is 0 Å². The van der Waals surface area contributed by atoms with Crippen molar-refractivity contribution in [3.8, 4) is 0 Å². The lowest BCUT2D eigenvalue weighted by atomic mass is 10.0. The van der Waals surface area contributed by atoms with E-state index in [0.29, 0.717) is 26.2 Å². The van der Waals surface area contributed by atoms with E-state index in [-0.39, 0.29) is 17.4 Å². The fourth-order valence-electron chi connectivity index (χ4n) is 2.55. The molecule has 0 radical (unpaired) electrons. The first-order valence-electron chi connectivity index (χ1n) is 6.72. The van der Waals surface area contributed by atoms with Crippen molar-refractivity contribution in [1.82, 2.24) is 14.9 Å². The lowest BCUT2D eigenvalue weighted by Gasteiger charge is -2.30. The largest absolute Gasteiger partial charge is 0.389 e. The molecule has 0 aromatic carbocycles. The van der Waals surface area contributed by atoms with Crippen LogP contribution in [-0.2, 0) is 16.1 Å². The molecule has 6 nitrogen and oxygen atoms in total. The van der Waals surface area contributed by atoms with Crippen LogP contribution in [0.4, 0.5) is 0 Å². The SMILES string of the molecule is O=C(N[C@@H]1CCOC[C@H]1O)C1(Cn2ccnc2)CC1. The third-order valence-corrected chi connectivity index (χ3v) is 4.02. The van der Waals surface area contributed by atoms with E-state index in [1.54, 1.807) is 12.5 Å². The van der Waals surface area contributed by atoms with E-state index >= 15 is 0 Å². The van der Waals surface area contributed by atoms with Crippen molar-refractivity contribution in [2.24, 2.45) is 5.41 Å². The Labute approximate surface area is 111 Å². The van der Waals surface area contributed by atoms with Gasteiger partial charge < -0.3 is 19.7 Å². The summed E-state index contributed by atoms with van der Waals surface area (Å²) in [6.45, 7) is 1.56. The number of amides is 1. The molecule has 2 fully saturated rings. The van der Waals surface area contributed by atoms with E-state index in [9.17, 15) is 9.90 Å². The molecule has 104 valence electrons. The van der Waals surface area contributed by atoms with Gasteiger partial charge in [0.05, 0.1) is 30.5 Å². The van der Waals surface area contributed by atoms with Crippen LogP contribution >= 0.6 is 0 Å². The molecule has 2 atom stereocenters. The lowest BCUT2D eigenvalue weighted by molar-refractivity contribution is -0.130. The van der Waals surface area contributed by atoms with Crippen LogP contribution in [0.3, 0.4) is 0 Å². The zero-order valence-corrected chi connectivity index (χ0v) is 10.8. The monoisotopic (exact) mass is 265 g/mol. The minimum Gasteiger partial charge on any atom is -0.389 e. The zero-order chi connectivity index (χ0) is 13.3. The number of ether oxygens (including phenoxy) is 1. The van der Waals surface area contributed by atoms with Crippen molar-refractivity contribution in [2.45, 2.75) is 38.0 Å². The number of aliphatic hydroxyl groups is 1. The molecule has 1 saturated heterocycles. The van der Waals surface area contributed by atoms with Gasteiger partial charge in [0.2, 0.25) is 5.91 Å². The van der Waals surface area contributed by atoms with Crippen molar-refractivity contribution in [2.75, 3.05) is 13.2 Å². The molecule has 19 heavy (non-hydrogen) atoms. The van der Waals surface area contributed by atoms with E-state index in [1.165, 1.54) is 0 Å². The molecule has 1 aromatic heterocycles. The third kappa shape index (κ3) is 2.64. The standard InChI is InChI=1S/C13H19N3O3/c17-11-7-19-6-1-10(11)15-12(18)13(2-3-13)8-16-5-4-14-9-16/h4-5,9-11,17H,1-3,6-8H2,(H,15,18)/t10-,11-/m1/s1. The van der Waals surface area contributed by atoms with Gasteiger partial charge in [-0.05, 0) is 19.3 Å². The molecular formula is C13H19N3O3. The first-order valence-corrected chi connectivity index (χ1v) is 6.72. The predicted octanol–water partition coefficient (Wildman–Crippen LogP) is -0.0707. The molecular weight excluding hydrogens is 246 g/mol. The summed E-state index contributed by atoms with van der Waals surface area (Å²) in [5.41, 5.74) is -0.307. The van der Waals surface area contributed by atoms with E-state index < -0.39 is 6.10 Å². The van der Waals surface area contributed by atoms with Crippen LogP contribution in [0.5, 0.6) is 0 Å². The summed E-state index contributed by atoms with van der Waals surface area (Å²) in [6.07, 6.45) is 7.20. The van der Waals surface area contributed by atoms with Crippen LogP contribution in [0.1, 0.15) is 19.3 Å². The molecule has 1 aromatic rings. The minimum atomic E-state index is -0.596. The average molecular weight is 265 g/mol. The molecule has 1 amide bonds. The molecule has 6 heteroatoms. The number of carbonyl (C=O) groups excluding carboxylic acids is 1. The van der Waals surface area contributed by atoms with Crippen molar-refractivity contribution in [3.63, 3.8) is 0 Å². The normalized spacial score (nSPS) is 28.9. The summed E-state index contributed by atoms with van der Waals surface area (Å²) in [5, 5.41) is 12.8. The summed E-state index contributed by atoms with van der Waals surface area (Å²) >= 11 is 0. The van der Waals surface area contributed by atoms with Gasteiger partial charge in [-0.2, -0.15) is 0 Å². The summed E-state index contributed by atoms with van der Waals surface area (Å²) in [6, 6.07) is -0.179. The van der Waals surface area contributed by atoms with Crippen molar-refractivity contribution >= 4 is 5.91 Å². The predicted molar refractivity (Wildman–Crippen MR) is 67.3 cm³/mol. The van der Waals surface area contributed by atoms with Gasteiger partial charge >= 0.3 is 0 Å². The highest BCUT2D eigenvalue weighted by Crippen LogP contribution is 2.47. The quantitative estimate of drug-likeness (QED) is 0.799. The molecule has 2 aliphatic rings. The van der Waals surface area contributed by atoms with E-state index in [0.717, 1.165) is 12.8 Å². The fourth-order valence-corrected chi connectivity index (χ4v) is 2.55. The number of aliphatic hydroxyl groups excluding tert-OH is 1. The van der Waals surface area contributed by atoms with Crippen LogP contribution in [-0.4, -0.2) is 45.9 Å². The van der Waals surface area contributed by atoms with Gasteiger partial charge in [0, 0.05) is 25.5 Å². The van der Waals surface area contributed by atoms with Crippen LogP contribution < -0.4 is 5.32 Å². The Morgan fingerprint density at radius 2 is 2.42 bits per heavy atom. The summed E-state index contributed by atoms with van der Waals surface area (Å²) < 4.78 is 7.10. The van der Waals surface area contributed by atoms with Gasteiger partial charge in [-0.15, -0.1) is 0 Å². The molecule has 1 saturated carbocycles. The second kappa shape index (κ2) is 4.94. The number of hydrogen-bond acceptors (Lipinski definition) is 4. The maximum atomic E-state index is 12.4. The molecule has 0 spiro atoms. The van der Waals surface area contributed by atoms with Gasteiger partial charge in [0.25, 0.3) is 0 Å². The van der Waals surface area contributed by atoms with E-state index in [2.05, 4.69) is 10.3 Å². The fraction of sp³-hybridized carbons (Fsp3) is 0.692.